The molecule has 3 rings (SSSR count). The molecular weight excluding hydrogens is 350 g/mol. The van der Waals surface area contributed by atoms with Gasteiger partial charge >= 0.3 is 0 Å². The van der Waals surface area contributed by atoms with Gasteiger partial charge in [-0.15, -0.1) is 0 Å². The quantitative estimate of drug-likeness (QED) is 0.880. The van der Waals surface area contributed by atoms with Crippen LogP contribution in [0.15, 0.2) is 30.5 Å². The van der Waals surface area contributed by atoms with E-state index < -0.39 is 0 Å². The Hall–Kier alpha value is -2.11. The van der Waals surface area contributed by atoms with Crippen molar-refractivity contribution in [3.63, 3.8) is 0 Å². The number of hydrogen-bond acceptors (Lipinski definition) is 4. The average molecular weight is 374 g/mol. The standard InChI is InChI=1S/C20H24ClN3O2/c1-13-5-4-6-17(14(13)2)15(3)23-19-18(21)11-16(12-22-19)20(25)24-7-9-26-10-8-24/h4-6,11-12,15H,7-10H2,1-3H3,(H,22,23). The highest BCUT2D eigenvalue weighted by Gasteiger charge is 2.20. The van der Waals surface area contributed by atoms with E-state index >= 15 is 0 Å². The summed E-state index contributed by atoms with van der Waals surface area (Å²) in [6, 6.07) is 7.99. The Labute approximate surface area is 159 Å². The van der Waals surface area contributed by atoms with Crippen molar-refractivity contribution in [1.82, 2.24) is 9.88 Å². The highest BCUT2D eigenvalue weighted by atomic mass is 35.5. The largest absolute Gasteiger partial charge is 0.378 e. The predicted octanol–water partition coefficient (Wildman–Crippen LogP) is 4.00. The molecule has 2 heterocycles. The summed E-state index contributed by atoms with van der Waals surface area (Å²) in [5.74, 6) is 0.524. The molecule has 1 unspecified atom stereocenters. The Kier molecular flexibility index (Phi) is 5.79. The number of pyridine rings is 1. The van der Waals surface area contributed by atoms with E-state index in [4.69, 9.17) is 16.3 Å². The van der Waals surface area contributed by atoms with E-state index in [0.29, 0.717) is 42.7 Å². The summed E-state index contributed by atoms with van der Waals surface area (Å²) in [5.41, 5.74) is 4.21. The third-order valence-electron chi connectivity index (χ3n) is 4.85. The average Bonchev–Trinajstić information content (AvgIpc) is 2.65. The molecule has 5 nitrogen and oxygen atoms in total. The summed E-state index contributed by atoms with van der Waals surface area (Å²) in [6.07, 6.45) is 1.59. The molecule has 1 aliphatic rings. The maximum atomic E-state index is 12.5. The molecule has 0 saturated carbocycles. The first-order chi connectivity index (χ1) is 12.5. The number of aryl methyl sites for hydroxylation is 1. The minimum Gasteiger partial charge on any atom is -0.378 e. The number of rotatable bonds is 4. The summed E-state index contributed by atoms with van der Waals surface area (Å²) in [4.78, 5) is 18.7. The number of amides is 1. The van der Waals surface area contributed by atoms with E-state index in [-0.39, 0.29) is 11.9 Å². The molecule has 2 aromatic rings. The van der Waals surface area contributed by atoms with Crippen molar-refractivity contribution >= 4 is 23.3 Å². The third-order valence-corrected chi connectivity index (χ3v) is 5.14. The van der Waals surface area contributed by atoms with Gasteiger partial charge in [-0.1, -0.05) is 29.8 Å². The van der Waals surface area contributed by atoms with Crippen molar-refractivity contribution in [2.75, 3.05) is 31.6 Å². The summed E-state index contributed by atoms with van der Waals surface area (Å²) in [6.45, 7) is 8.62. The smallest absolute Gasteiger partial charge is 0.255 e. The zero-order valence-corrected chi connectivity index (χ0v) is 16.1. The van der Waals surface area contributed by atoms with Crippen LogP contribution in [0.2, 0.25) is 5.02 Å². The Bertz CT molecular complexity index is 804. The lowest BCUT2D eigenvalue weighted by atomic mass is 9.98. The molecule has 0 spiro atoms. The minimum atomic E-state index is -0.0585. The number of nitrogens with zero attached hydrogens (tertiary/aromatic N) is 2. The normalized spacial score (nSPS) is 15.6. The fourth-order valence-electron chi connectivity index (χ4n) is 3.14. The molecule has 1 saturated heterocycles. The Morgan fingerprint density at radius 3 is 2.73 bits per heavy atom. The van der Waals surface area contributed by atoms with Gasteiger partial charge in [-0.25, -0.2) is 4.98 Å². The SMILES string of the molecule is Cc1cccc(C(C)Nc2ncc(C(=O)N3CCOCC3)cc2Cl)c1C. The van der Waals surface area contributed by atoms with Gasteiger partial charge in [0.05, 0.1) is 29.8 Å². The maximum Gasteiger partial charge on any atom is 0.255 e. The zero-order valence-electron chi connectivity index (χ0n) is 15.4. The first kappa shape index (κ1) is 18.7. The van der Waals surface area contributed by atoms with Crippen LogP contribution < -0.4 is 5.32 Å². The van der Waals surface area contributed by atoms with Gasteiger partial charge in [0.1, 0.15) is 5.82 Å². The number of aromatic nitrogens is 1. The van der Waals surface area contributed by atoms with E-state index in [1.807, 2.05) is 0 Å². The highest BCUT2D eigenvalue weighted by molar-refractivity contribution is 6.33. The molecule has 1 amide bonds. The number of benzene rings is 1. The summed E-state index contributed by atoms with van der Waals surface area (Å²) >= 11 is 6.39. The molecule has 0 radical (unpaired) electrons. The van der Waals surface area contributed by atoms with E-state index in [2.05, 4.69) is 49.3 Å². The molecule has 0 aliphatic carbocycles. The molecule has 1 atom stereocenters. The summed E-state index contributed by atoms with van der Waals surface area (Å²) in [5, 5.41) is 3.80. The Morgan fingerprint density at radius 2 is 2.04 bits per heavy atom. The van der Waals surface area contributed by atoms with Crippen molar-refractivity contribution in [2.45, 2.75) is 26.8 Å². The van der Waals surface area contributed by atoms with Gasteiger partial charge in [0, 0.05) is 19.3 Å². The third kappa shape index (κ3) is 4.00. The molecule has 26 heavy (non-hydrogen) atoms. The number of halogens is 1. The van der Waals surface area contributed by atoms with E-state index in [9.17, 15) is 4.79 Å². The lowest BCUT2D eigenvalue weighted by Gasteiger charge is -2.27. The Morgan fingerprint density at radius 1 is 1.31 bits per heavy atom. The van der Waals surface area contributed by atoms with Crippen molar-refractivity contribution in [3.05, 3.63) is 57.7 Å². The number of carbonyl (C=O) groups is 1. The second-order valence-electron chi connectivity index (χ2n) is 6.61. The van der Waals surface area contributed by atoms with Crippen LogP contribution in [-0.2, 0) is 4.74 Å². The van der Waals surface area contributed by atoms with Crippen LogP contribution in [0, 0.1) is 13.8 Å². The first-order valence-electron chi connectivity index (χ1n) is 8.82. The van der Waals surface area contributed by atoms with E-state index in [1.165, 1.54) is 16.7 Å². The lowest BCUT2D eigenvalue weighted by molar-refractivity contribution is 0.0302. The molecule has 1 aliphatic heterocycles. The molecule has 0 bridgehead atoms. The van der Waals surface area contributed by atoms with E-state index in [1.54, 1.807) is 17.2 Å². The number of morpholine rings is 1. The van der Waals surface area contributed by atoms with Crippen LogP contribution in [-0.4, -0.2) is 42.1 Å². The minimum absolute atomic E-state index is 0.0562. The number of carbonyl (C=O) groups excluding carboxylic acids is 1. The fourth-order valence-corrected chi connectivity index (χ4v) is 3.36. The molecule has 1 aromatic carbocycles. The summed E-state index contributed by atoms with van der Waals surface area (Å²) < 4.78 is 5.29. The Balaban J connectivity index is 1.75. The van der Waals surface area contributed by atoms with Gasteiger partial charge in [-0.05, 0) is 43.5 Å². The highest BCUT2D eigenvalue weighted by Crippen LogP contribution is 2.27. The second-order valence-corrected chi connectivity index (χ2v) is 7.02. The maximum absolute atomic E-state index is 12.5. The number of ether oxygens (including phenoxy) is 1. The molecule has 138 valence electrons. The molecule has 1 N–H and O–H groups in total. The van der Waals surface area contributed by atoms with Crippen LogP contribution in [0.5, 0.6) is 0 Å². The predicted molar refractivity (Wildman–Crippen MR) is 104 cm³/mol. The zero-order chi connectivity index (χ0) is 18.7. The number of nitrogens with one attached hydrogen (secondary N) is 1. The molecular formula is C20H24ClN3O2. The first-order valence-corrected chi connectivity index (χ1v) is 9.20. The van der Waals surface area contributed by atoms with Crippen LogP contribution in [0.25, 0.3) is 0 Å². The summed E-state index contributed by atoms with van der Waals surface area (Å²) in [7, 11) is 0. The van der Waals surface area contributed by atoms with E-state index in [0.717, 1.165) is 0 Å². The van der Waals surface area contributed by atoms with Gasteiger partial charge in [0.2, 0.25) is 0 Å². The van der Waals surface area contributed by atoms with Crippen molar-refractivity contribution < 1.29 is 9.53 Å². The molecule has 1 fully saturated rings. The van der Waals surface area contributed by atoms with Crippen LogP contribution in [0.3, 0.4) is 0 Å². The molecule has 1 aromatic heterocycles. The van der Waals surface area contributed by atoms with Crippen LogP contribution >= 0.6 is 11.6 Å². The number of anilines is 1. The van der Waals surface area contributed by atoms with Crippen molar-refractivity contribution in [1.29, 1.82) is 0 Å². The van der Waals surface area contributed by atoms with Gasteiger partial charge in [0.25, 0.3) is 5.91 Å². The monoisotopic (exact) mass is 373 g/mol. The lowest BCUT2D eigenvalue weighted by Crippen LogP contribution is -2.40. The van der Waals surface area contributed by atoms with Crippen LogP contribution in [0.4, 0.5) is 5.82 Å². The second kappa shape index (κ2) is 8.06. The van der Waals surface area contributed by atoms with Gasteiger partial charge in [-0.3, -0.25) is 4.79 Å². The van der Waals surface area contributed by atoms with Crippen molar-refractivity contribution in [3.8, 4) is 0 Å². The van der Waals surface area contributed by atoms with Crippen LogP contribution in [0.1, 0.15) is 40.0 Å². The van der Waals surface area contributed by atoms with Crippen molar-refractivity contribution in [2.24, 2.45) is 0 Å². The molecule has 6 heteroatoms. The fraction of sp³-hybridized carbons (Fsp3) is 0.400. The van der Waals surface area contributed by atoms with Gasteiger partial charge in [-0.2, -0.15) is 0 Å². The topological polar surface area (TPSA) is 54.5 Å². The van der Waals surface area contributed by atoms with Gasteiger partial charge < -0.3 is 15.0 Å². The number of hydrogen-bond donors (Lipinski definition) is 1. The van der Waals surface area contributed by atoms with Gasteiger partial charge in [0.15, 0.2) is 0 Å².